The highest BCUT2D eigenvalue weighted by molar-refractivity contribution is 7.89. The van der Waals surface area contributed by atoms with Gasteiger partial charge in [-0.2, -0.15) is 4.31 Å². The third kappa shape index (κ3) is 2.96. The first-order chi connectivity index (χ1) is 7.48. The van der Waals surface area contributed by atoms with Gasteiger partial charge in [-0.3, -0.25) is 0 Å². The van der Waals surface area contributed by atoms with Gasteiger partial charge >= 0.3 is 0 Å². The van der Waals surface area contributed by atoms with Crippen LogP contribution < -0.4 is 0 Å². The average Bonchev–Trinajstić information content (AvgIpc) is 2.69. The van der Waals surface area contributed by atoms with Gasteiger partial charge in [0, 0.05) is 6.54 Å². The van der Waals surface area contributed by atoms with E-state index in [1.54, 1.807) is 32.1 Å². The molecule has 0 atom stereocenters. The molecular weight excluding hydrogens is 226 g/mol. The Morgan fingerprint density at radius 2 is 2.25 bits per heavy atom. The van der Waals surface area contributed by atoms with Crippen LogP contribution >= 0.6 is 0 Å². The molecule has 16 heavy (non-hydrogen) atoms. The molecule has 1 rings (SSSR count). The predicted octanol–water partition coefficient (Wildman–Crippen LogP) is 2.01. The third-order valence-electron chi connectivity index (χ3n) is 2.20. The van der Waals surface area contributed by atoms with E-state index in [1.807, 2.05) is 0 Å². The molecule has 0 N–H and O–H groups in total. The van der Waals surface area contributed by atoms with E-state index in [0.29, 0.717) is 12.3 Å². The Hall–Kier alpha value is -1.07. The Morgan fingerprint density at radius 1 is 1.56 bits per heavy atom. The van der Waals surface area contributed by atoms with Crippen molar-refractivity contribution in [3.8, 4) is 0 Å². The SMILES string of the molecule is C=CCN(Cc1ccco1)S(=O)(=O)C(C)C. The molecule has 5 heteroatoms. The minimum absolute atomic E-state index is 0.250. The molecule has 0 aliphatic rings. The summed E-state index contributed by atoms with van der Waals surface area (Å²) in [6, 6.07) is 3.50. The summed E-state index contributed by atoms with van der Waals surface area (Å²) in [5.41, 5.74) is 0. The number of hydrogen-bond acceptors (Lipinski definition) is 3. The lowest BCUT2D eigenvalue weighted by Crippen LogP contribution is -2.35. The van der Waals surface area contributed by atoms with Crippen molar-refractivity contribution < 1.29 is 12.8 Å². The van der Waals surface area contributed by atoms with E-state index in [2.05, 4.69) is 6.58 Å². The zero-order valence-electron chi connectivity index (χ0n) is 9.59. The highest BCUT2D eigenvalue weighted by atomic mass is 32.2. The Balaban J connectivity index is 2.87. The van der Waals surface area contributed by atoms with Gasteiger partial charge in [0.15, 0.2) is 0 Å². The van der Waals surface area contributed by atoms with Crippen LogP contribution in [0.25, 0.3) is 0 Å². The topological polar surface area (TPSA) is 50.5 Å². The van der Waals surface area contributed by atoms with Gasteiger partial charge < -0.3 is 4.42 Å². The van der Waals surface area contributed by atoms with E-state index in [-0.39, 0.29) is 6.54 Å². The first-order valence-electron chi connectivity index (χ1n) is 5.10. The molecule has 0 saturated heterocycles. The number of rotatable bonds is 6. The molecule has 0 spiro atoms. The molecular formula is C11H17NO3S. The largest absolute Gasteiger partial charge is 0.468 e. The maximum atomic E-state index is 12.0. The van der Waals surface area contributed by atoms with Crippen molar-refractivity contribution in [3.05, 3.63) is 36.8 Å². The summed E-state index contributed by atoms with van der Waals surface area (Å²) in [6.45, 7) is 7.43. The van der Waals surface area contributed by atoms with Crippen molar-refractivity contribution in [3.63, 3.8) is 0 Å². The van der Waals surface area contributed by atoms with Gasteiger partial charge in [0.05, 0.1) is 18.1 Å². The zero-order chi connectivity index (χ0) is 12.2. The summed E-state index contributed by atoms with van der Waals surface area (Å²) in [5.74, 6) is 0.631. The van der Waals surface area contributed by atoms with Crippen LogP contribution in [0.4, 0.5) is 0 Å². The molecule has 0 aliphatic heterocycles. The number of sulfonamides is 1. The van der Waals surface area contributed by atoms with Gasteiger partial charge in [-0.25, -0.2) is 8.42 Å². The standard InChI is InChI=1S/C11H17NO3S/c1-4-7-12(16(13,14)10(2)3)9-11-6-5-8-15-11/h4-6,8,10H,1,7,9H2,2-3H3. The normalized spacial score (nSPS) is 12.2. The fourth-order valence-electron chi connectivity index (χ4n) is 1.28. The van der Waals surface area contributed by atoms with Gasteiger partial charge in [-0.15, -0.1) is 6.58 Å². The molecule has 0 bridgehead atoms. The summed E-state index contributed by atoms with van der Waals surface area (Å²) in [5, 5.41) is -0.442. The highest BCUT2D eigenvalue weighted by Gasteiger charge is 2.25. The zero-order valence-corrected chi connectivity index (χ0v) is 10.4. The van der Waals surface area contributed by atoms with Crippen molar-refractivity contribution in [2.24, 2.45) is 0 Å². The van der Waals surface area contributed by atoms with E-state index in [4.69, 9.17) is 4.42 Å². The monoisotopic (exact) mass is 243 g/mol. The highest BCUT2D eigenvalue weighted by Crippen LogP contribution is 2.13. The molecule has 0 amide bonds. The van der Waals surface area contributed by atoms with Gasteiger partial charge in [0.25, 0.3) is 0 Å². The molecule has 0 aliphatic carbocycles. The van der Waals surface area contributed by atoms with Crippen LogP contribution in [0.1, 0.15) is 19.6 Å². The van der Waals surface area contributed by atoms with E-state index in [1.165, 1.54) is 10.6 Å². The summed E-state index contributed by atoms with van der Waals surface area (Å²) < 4.78 is 30.5. The summed E-state index contributed by atoms with van der Waals surface area (Å²) in [4.78, 5) is 0. The van der Waals surface area contributed by atoms with Crippen LogP contribution in [0.3, 0.4) is 0 Å². The Labute approximate surface area is 96.6 Å². The maximum absolute atomic E-state index is 12.0. The smallest absolute Gasteiger partial charge is 0.217 e. The first kappa shape index (κ1) is 13.0. The Morgan fingerprint density at radius 3 is 2.69 bits per heavy atom. The molecule has 0 saturated carbocycles. The quantitative estimate of drug-likeness (QED) is 0.718. The Bertz CT molecular complexity index is 420. The van der Waals surface area contributed by atoms with E-state index in [9.17, 15) is 8.42 Å². The molecule has 1 aromatic rings. The van der Waals surface area contributed by atoms with Crippen LogP contribution in [-0.2, 0) is 16.6 Å². The second kappa shape index (κ2) is 5.32. The maximum Gasteiger partial charge on any atom is 0.217 e. The van der Waals surface area contributed by atoms with Crippen molar-refractivity contribution in [2.75, 3.05) is 6.54 Å². The summed E-state index contributed by atoms with van der Waals surface area (Å²) >= 11 is 0. The van der Waals surface area contributed by atoms with Crippen LogP contribution in [0, 0.1) is 0 Å². The second-order valence-electron chi connectivity index (χ2n) is 3.75. The number of furan rings is 1. The molecule has 0 aromatic carbocycles. The second-order valence-corrected chi connectivity index (χ2v) is 6.24. The molecule has 1 aromatic heterocycles. The van der Waals surface area contributed by atoms with Crippen LogP contribution in [0.15, 0.2) is 35.5 Å². The predicted molar refractivity (Wildman–Crippen MR) is 63.4 cm³/mol. The van der Waals surface area contributed by atoms with Crippen LogP contribution in [0.2, 0.25) is 0 Å². The summed E-state index contributed by atoms with van der Waals surface area (Å²) in [6.07, 6.45) is 3.10. The lowest BCUT2D eigenvalue weighted by atomic mass is 10.4. The first-order valence-corrected chi connectivity index (χ1v) is 6.61. The van der Waals surface area contributed by atoms with Crippen molar-refractivity contribution >= 4 is 10.0 Å². The number of hydrogen-bond donors (Lipinski definition) is 0. The number of nitrogens with zero attached hydrogens (tertiary/aromatic N) is 1. The van der Waals surface area contributed by atoms with Gasteiger partial charge in [0.1, 0.15) is 5.76 Å². The molecule has 90 valence electrons. The third-order valence-corrected chi connectivity index (χ3v) is 4.39. The molecule has 0 fully saturated rings. The molecule has 4 nitrogen and oxygen atoms in total. The minimum Gasteiger partial charge on any atom is -0.468 e. The lowest BCUT2D eigenvalue weighted by molar-refractivity contribution is 0.383. The molecule has 0 unspecified atom stereocenters. The average molecular weight is 243 g/mol. The fraction of sp³-hybridized carbons (Fsp3) is 0.455. The van der Waals surface area contributed by atoms with E-state index < -0.39 is 15.3 Å². The van der Waals surface area contributed by atoms with Gasteiger partial charge in [0.2, 0.25) is 10.0 Å². The van der Waals surface area contributed by atoms with Crippen molar-refractivity contribution in [1.29, 1.82) is 0 Å². The molecule has 1 heterocycles. The Kier molecular flexibility index (Phi) is 4.32. The van der Waals surface area contributed by atoms with Gasteiger partial charge in [-0.05, 0) is 26.0 Å². The summed E-state index contributed by atoms with van der Waals surface area (Å²) in [7, 11) is -3.28. The lowest BCUT2D eigenvalue weighted by Gasteiger charge is -2.21. The van der Waals surface area contributed by atoms with Crippen LogP contribution in [0.5, 0.6) is 0 Å². The van der Waals surface area contributed by atoms with E-state index in [0.717, 1.165) is 0 Å². The fourth-order valence-corrected chi connectivity index (χ4v) is 2.49. The van der Waals surface area contributed by atoms with Crippen molar-refractivity contribution in [1.82, 2.24) is 4.31 Å². The van der Waals surface area contributed by atoms with E-state index >= 15 is 0 Å². The van der Waals surface area contributed by atoms with Gasteiger partial charge in [-0.1, -0.05) is 6.08 Å². The van der Waals surface area contributed by atoms with Crippen molar-refractivity contribution in [2.45, 2.75) is 25.6 Å². The molecule has 0 radical (unpaired) electrons. The van der Waals surface area contributed by atoms with Crippen LogP contribution in [-0.4, -0.2) is 24.5 Å². The minimum atomic E-state index is -3.28.